The number of rotatable bonds is 9. The normalized spacial score (nSPS) is 11.9. The van der Waals surface area contributed by atoms with Gasteiger partial charge in [-0.25, -0.2) is 0 Å². The third-order valence-electron chi connectivity index (χ3n) is 14.4. The van der Waals surface area contributed by atoms with Crippen LogP contribution >= 0.6 is 0 Å². The maximum atomic E-state index is 5.69. The molecule has 0 spiro atoms. The molecule has 326 valence electrons. The third-order valence-corrected chi connectivity index (χ3v) is 14.4. The average Bonchev–Trinajstić information content (AvgIpc) is 3.74. The van der Waals surface area contributed by atoms with E-state index in [0.717, 1.165) is 73.1 Å². The Morgan fingerprint density at radius 2 is 0.681 bits per heavy atom. The fourth-order valence-corrected chi connectivity index (χ4v) is 11.3. The molecule has 14 rings (SSSR count). The number of hydrogen-bond donors (Lipinski definition) is 0. The minimum absolute atomic E-state index is 0.814. The zero-order chi connectivity index (χ0) is 45.7. The predicted octanol–water partition coefficient (Wildman–Crippen LogP) is 17.5. The van der Waals surface area contributed by atoms with Crippen molar-refractivity contribution in [2.24, 2.45) is 0 Å². The first-order valence-corrected chi connectivity index (χ1v) is 23.5. The number of aromatic nitrogens is 1. The highest BCUT2D eigenvalue weighted by Gasteiger charge is 2.24. The number of ether oxygens (including phenoxy) is 2. The van der Waals surface area contributed by atoms with Crippen molar-refractivity contribution < 1.29 is 9.47 Å². The van der Waals surface area contributed by atoms with Crippen molar-refractivity contribution in [1.29, 1.82) is 0 Å². The van der Waals surface area contributed by atoms with E-state index in [9.17, 15) is 0 Å². The maximum Gasteiger partial charge on any atom is 0.119 e. The Hall–Kier alpha value is -9.06. The van der Waals surface area contributed by atoms with Crippen LogP contribution in [0.2, 0.25) is 0 Å². The van der Waals surface area contributed by atoms with Crippen molar-refractivity contribution in [2.75, 3.05) is 24.0 Å². The van der Waals surface area contributed by atoms with Crippen LogP contribution in [0.25, 0.3) is 92.1 Å². The number of para-hydroxylation sites is 1. The number of hydrogen-bond acceptors (Lipinski definition) is 4. The van der Waals surface area contributed by atoms with Gasteiger partial charge in [0.15, 0.2) is 0 Å². The minimum atomic E-state index is 0.814. The molecule has 0 aliphatic carbocycles. The molecule has 1 aromatic heterocycles. The van der Waals surface area contributed by atoms with Gasteiger partial charge in [0.05, 0.1) is 36.6 Å². The summed E-state index contributed by atoms with van der Waals surface area (Å²) in [5.74, 6) is 1.63. The van der Waals surface area contributed by atoms with Crippen molar-refractivity contribution in [3.63, 3.8) is 0 Å². The molecule has 0 aliphatic rings. The van der Waals surface area contributed by atoms with Crippen molar-refractivity contribution in [3.05, 3.63) is 224 Å². The molecule has 0 saturated carbocycles. The quantitative estimate of drug-likeness (QED) is 0.135. The van der Waals surface area contributed by atoms with Gasteiger partial charge in [0, 0.05) is 50.0 Å². The largest absolute Gasteiger partial charge is 0.497 e. The molecule has 0 radical (unpaired) electrons. The Bertz CT molecular complexity index is 3980. The first kappa shape index (κ1) is 39.1. The molecule has 1 heterocycles. The van der Waals surface area contributed by atoms with E-state index in [1.807, 2.05) is 0 Å². The molecule has 5 nitrogen and oxygen atoms in total. The van der Waals surface area contributed by atoms with Crippen molar-refractivity contribution in [1.82, 2.24) is 4.57 Å². The maximum absolute atomic E-state index is 5.69. The minimum Gasteiger partial charge on any atom is -0.497 e. The molecule has 0 bridgehead atoms. The highest BCUT2D eigenvalue weighted by Crippen LogP contribution is 2.48. The lowest BCUT2D eigenvalue weighted by atomic mass is 9.93. The number of nitrogens with zero attached hydrogens (tertiary/aromatic N) is 3. The smallest absolute Gasteiger partial charge is 0.119 e. The van der Waals surface area contributed by atoms with E-state index >= 15 is 0 Å². The molecule has 13 aromatic carbocycles. The third kappa shape index (κ3) is 5.97. The van der Waals surface area contributed by atoms with Crippen LogP contribution in [0, 0.1) is 0 Å². The topological polar surface area (TPSA) is 29.9 Å². The second kappa shape index (κ2) is 15.2. The zero-order valence-electron chi connectivity index (χ0n) is 38.0. The van der Waals surface area contributed by atoms with Crippen LogP contribution in [-0.4, -0.2) is 18.8 Å². The second-order valence-electron chi connectivity index (χ2n) is 18.0. The molecule has 0 aliphatic heterocycles. The number of methoxy groups -OCH3 is 2. The van der Waals surface area contributed by atoms with Gasteiger partial charge in [0.25, 0.3) is 0 Å². The van der Waals surface area contributed by atoms with E-state index in [-0.39, 0.29) is 0 Å². The summed E-state index contributed by atoms with van der Waals surface area (Å²) in [5, 5.41) is 17.3. The Balaban J connectivity index is 1.03. The monoisotopic (exact) mass is 885 g/mol. The lowest BCUT2D eigenvalue weighted by Crippen LogP contribution is -2.11. The van der Waals surface area contributed by atoms with Crippen LogP contribution < -0.4 is 19.3 Å². The molecule has 0 N–H and O–H groups in total. The Morgan fingerprint density at radius 3 is 1.10 bits per heavy atom. The van der Waals surface area contributed by atoms with Gasteiger partial charge >= 0.3 is 0 Å². The van der Waals surface area contributed by atoms with Gasteiger partial charge in [0.1, 0.15) is 11.5 Å². The van der Waals surface area contributed by atoms with Gasteiger partial charge in [-0.1, -0.05) is 115 Å². The van der Waals surface area contributed by atoms with Crippen LogP contribution in [0.3, 0.4) is 0 Å². The van der Waals surface area contributed by atoms with E-state index in [0.29, 0.717) is 0 Å². The van der Waals surface area contributed by atoms with Crippen LogP contribution in [-0.2, 0) is 0 Å². The lowest BCUT2D eigenvalue weighted by molar-refractivity contribution is 0.414. The van der Waals surface area contributed by atoms with Crippen LogP contribution in [0.15, 0.2) is 224 Å². The SMILES string of the molecule is COc1ccc(N(c2ccc3c(c2)c2cc(N(c4ccc(OC)cc4)c4ccc5ccc6cccc7ccc4c5c67)ccc2n3-c2ccccc2)c2ccc3ccc4cccc5ccc2c3c45)cc1. The summed E-state index contributed by atoms with van der Waals surface area (Å²) in [6.45, 7) is 0. The fraction of sp³-hybridized carbons (Fsp3) is 0.0312. The molecule has 5 heteroatoms. The molecule has 14 aromatic rings. The summed E-state index contributed by atoms with van der Waals surface area (Å²) in [7, 11) is 3.44. The summed E-state index contributed by atoms with van der Waals surface area (Å²) in [5.41, 5.74) is 9.76. The van der Waals surface area contributed by atoms with E-state index in [1.54, 1.807) is 14.2 Å². The molecule has 0 unspecified atom stereocenters. The average molecular weight is 886 g/mol. The van der Waals surface area contributed by atoms with Crippen LogP contribution in [0.1, 0.15) is 0 Å². The Kier molecular flexibility index (Phi) is 8.65. The van der Waals surface area contributed by atoms with Gasteiger partial charge < -0.3 is 23.8 Å². The molecule has 0 atom stereocenters. The summed E-state index contributed by atoms with van der Waals surface area (Å²) in [6, 6.07) is 82.0. The van der Waals surface area contributed by atoms with Gasteiger partial charge in [-0.05, 0) is 163 Å². The summed E-state index contributed by atoms with van der Waals surface area (Å²) < 4.78 is 13.8. The van der Waals surface area contributed by atoms with E-state index < -0.39 is 0 Å². The van der Waals surface area contributed by atoms with Gasteiger partial charge in [-0.15, -0.1) is 0 Å². The van der Waals surface area contributed by atoms with Crippen LogP contribution in [0.4, 0.5) is 34.1 Å². The number of fused-ring (bicyclic) bond motifs is 3. The van der Waals surface area contributed by atoms with Gasteiger partial charge in [-0.2, -0.15) is 0 Å². The first-order valence-electron chi connectivity index (χ1n) is 23.5. The standard InChI is InChI=1S/C64H43N3O2/c1-68-51-28-22-47(23-29-51)65(57-34-20-44-16-14-40-8-6-10-42-18-32-53(57)63(44)61(40)42)49-26-36-59-55(38-49)56-39-50(27-37-60(56)67(59)46-12-4-3-5-13-46)66(48-24-30-52(69-2)31-25-48)58-35-21-45-17-15-41-9-7-11-43-19-33-54(58)64(45)62(41)43/h3-39H,1-2H3. The predicted molar refractivity (Wildman–Crippen MR) is 291 cm³/mol. The molecule has 0 fully saturated rings. The van der Waals surface area contributed by atoms with E-state index in [1.165, 1.54) is 64.6 Å². The first-order chi connectivity index (χ1) is 34.1. The lowest BCUT2D eigenvalue weighted by Gasteiger charge is -2.28. The van der Waals surface area contributed by atoms with Gasteiger partial charge in [0.2, 0.25) is 0 Å². The Labute approximate surface area is 398 Å². The highest BCUT2D eigenvalue weighted by molar-refractivity contribution is 6.27. The second-order valence-corrected chi connectivity index (χ2v) is 18.0. The highest BCUT2D eigenvalue weighted by atomic mass is 16.5. The molecule has 69 heavy (non-hydrogen) atoms. The van der Waals surface area contributed by atoms with E-state index in [4.69, 9.17) is 9.47 Å². The summed E-state index contributed by atoms with van der Waals surface area (Å²) in [4.78, 5) is 4.82. The van der Waals surface area contributed by atoms with Crippen LogP contribution in [0.5, 0.6) is 11.5 Å². The van der Waals surface area contributed by atoms with Crippen molar-refractivity contribution >= 4 is 121 Å². The Morgan fingerprint density at radius 1 is 0.304 bits per heavy atom. The zero-order valence-corrected chi connectivity index (χ0v) is 38.0. The van der Waals surface area contributed by atoms with E-state index in [2.05, 4.69) is 239 Å². The number of anilines is 6. The molecular formula is C64H43N3O2. The molecule has 0 amide bonds. The number of benzene rings is 13. The van der Waals surface area contributed by atoms with Crippen molar-refractivity contribution in [2.45, 2.75) is 0 Å². The molecule has 0 saturated heterocycles. The fourth-order valence-electron chi connectivity index (χ4n) is 11.3. The molecular weight excluding hydrogens is 843 g/mol. The summed E-state index contributed by atoms with van der Waals surface area (Å²) in [6.07, 6.45) is 0. The summed E-state index contributed by atoms with van der Waals surface area (Å²) >= 11 is 0. The van der Waals surface area contributed by atoms with Crippen molar-refractivity contribution in [3.8, 4) is 17.2 Å². The van der Waals surface area contributed by atoms with Gasteiger partial charge in [-0.3, -0.25) is 0 Å².